The summed E-state index contributed by atoms with van der Waals surface area (Å²) < 4.78 is 0. The summed E-state index contributed by atoms with van der Waals surface area (Å²) in [5.74, 6) is 0.291. The molecule has 0 bridgehead atoms. The van der Waals surface area contributed by atoms with Crippen LogP contribution in [0.2, 0.25) is 0 Å². The van der Waals surface area contributed by atoms with Gasteiger partial charge in [0.05, 0.1) is 0 Å². The fourth-order valence-corrected chi connectivity index (χ4v) is 1.45. The zero-order valence-corrected chi connectivity index (χ0v) is 8.09. The lowest BCUT2D eigenvalue weighted by Gasteiger charge is -2.35. The van der Waals surface area contributed by atoms with Gasteiger partial charge in [-0.3, -0.25) is 4.79 Å². The predicted octanol–water partition coefficient (Wildman–Crippen LogP) is 1.08. The van der Waals surface area contributed by atoms with E-state index in [1.54, 1.807) is 0 Å². The van der Waals surface area contributed by atoms with Crippen LogP contribution in [-0.4, -0.2) is 31.2 Å². The number of hydrogen-bond acceptors (Lipinski definition) is 2. The molecule has 0 aliphatic carbocycles. The highest BCUT2D eigenvalue weighted by atomic mass is 16.2. The molecule has 0 spiro atoms. The Morgan fingerprint density at radius 3 is 2.25 bits per heavy atom. The van der Waals surface area contributed by atoms with E-state index in [1.807, 2.05) is 18.7 Å². The summed E-state index contributed by atoms with van der Waals surface area (Å²) >= 11 is 0. The summed E-state index contributed by atoms with van der Waals surface area (Å²) in [6, 6.07) is 0. The van der Waals surface area contributed by atoms with Crippen LogP contribution in [0.3, 0.4) is 0 Å². The molecular weight excluding hydrogens is 154 g/mol. The third kappa shape index (κ3) is 3.03. The number of nitrogens with zero attached hydrogens (tertiary/aromatic N) is 1. The number of carbonyl (C=O) groups excluding carboxylic acids is 2. The Labute approximate surface area is 73.7 Å². The van der Waals surface area contributed by atoms with Crippen LogP contribution in [0, 0.1) is 5.41 Å². The summed E-state index contributed by atoms with van der Waals surface area (Å²) in [5.41, 5.74) is 0.336. The van der Waals surface area contributed by atoms with Crippen LogP contribution >= 0.6 is 0 Å². The van der Waals surface area contributed by atoms with Crippen molar-refractivity contribution < 1.29 is 9.59 Å². The monoisotopic (exact) mass is 171 g/mol. The molecule has 0 N–H and O–H groups in total. The quantitative estimate of drug-likeness (QED) is 0.547. The van der Waals surface area contributed by atoms with E-state index < -0.39 is 0 Å². The Kier molecular flexibility index (Phi) is 3.93. The first-order valence-corrected chi connectivity index (χ1v) is 4.04. The lowest BCUT2D eigenvalue weighted by molar-refractivity contribution is -0.134. The van der Waals surface area contributed by atoms with Crippen LogP contribution in [-0.2, 0) is 9.59 Å². The summed E-state index contributed by atoms with van der Waals surface area (Å²) in [6.45, 7) is 7.32. The number of rotatable bonds is 0. The molecule has 1 saturated heterocycles. The van der Waals surface area contributed by atoms with Crippen molar-refractivity contribution in [3.8, 4) is 0 Å². The van der Waals surface area contributed by atoms with E-state index in [9.17, 15) is 4.79 Å². The maximum atomic E-state index is 11.0. The minimum absolute atomic E-state index is 0.291. The second-order valence-electron chi connectivity index (χ2n) is 3.91. The maximum Gasteiger partial charge on any atom is 0.222 e. The molecule has 3 heteroatoms. The van der Waals surface area contributed by atoms with Crippen LogP contribution in [0.5, 0.6) is 0 Å². The number of amides is 1. The number of carbonyl (C=O) groups is 2. The summed E-state index contributed by atoms with van der Waals surface area (Å²) in [5, 5.41) is 0. The third-order valence-corrected chi connectivity index (χ3v) is 2.11. The summed E-state index contributed by atoms with van der Waals surface area (Å²) in [4.78, 5) is 20.8. The van der Waals surface area contributed by atoms with Crippen molar-refractivity contribution in [3.63, 3.8) is 0 Å². The van der Waals surface area contributed by atoms with Gasteiger partial charge in [-0.2, -0.15) is 0 Å². The summed E-state index contributed by atoms with van der Waals surface area (Å²) in [6.07, 6.45) is 1.76. The van der Waals surface area contributed by atoms with Crippen molar-refractivity contribution in [2.75, 3.05) is 13.6 Å². The molecule has 1 aliphatic rings. The van der Waals surface area contributed by atoms with Gasteiger partial charge in [0, 0.05) is 20.0 Å². The molecule has 0 saturated carbocycles. The first kappa shape index (κ1) is 11.1. The van der Waals surface area contributed by atoms with E-state index >= 15 is 0 Å². The van der Waals surface area contributed by atoms with Crippen LogP contribution in [0.4, 0.5) is 0 Å². The van der Waals surface area contributed by atoms with E-state index in [2.05, 4.69) is 13.8 Å². The van der Waals surface area contributed by atoms with E-state index in [1.165, 1.54) is 0 Å². The van der Waals surface area contributed by atoms with Gasteiger partial charge in [-0.15, -0.1) is 0 Å². The van der Waals surface area contributed by atoms with E-state index in [0.29, 0.717) is 11.3 Å². The van der Waals surface area contributed by atoms with Gasteiger partial charge in [-0.05, 0) is 11.8 Å². The Bertz CT molecular complexity index is 166. The molecule has 1 amide bonds. The van der Waals surface area contributed by atoms with Gasteiger partial charge in [0.15, 0.2) is 0 Å². The average molecular weight is 171 g/mol. The highest BCUT2D eigenvalue weighted by molar-refractivity contribution is 5.76. The predicted molar refractivity (Wildman–Crippen MR) is 47.8 cm³/mol. The van der Waals surface area contributed by atoms with Gasteiger partial charge >= 0.3 is 0 Å². The lowest BCUT2D eigenvalue weighted by atomic mass is 9.84. The standard InChI is InChI=1S/C8H15NO.CH2O/c1-8(2)5-4-7(10)9(3)6-8;1-2/h4-6H2,1-3H3;1H2. The fraction of sp³-hybridized carbons (Fsp3) is 0.778. The molecule has 0 aromatic heterocycles. The van der Waals surface area contributed by atoms with E-state index in [4.69, 9.17) is 4.79 Å². The van der Waals surface area contributed by atoms with Crippen molar-refractivity contribution in [2.45, 2.75) is 26.7 Å². The largest absolute Gasteiger partial charge is 0.345 e. The molecule has 1 aliphatic heterocycles. The SMILES string of the molecule is C=O.CN1CC(C)(C)CCC1=O. The van der Waals surface area contributed by atoms with Crippen molar-refractivity contribution in [1.82, 2.24) is 4.90 Å². The first-order chi connectivity index (χ1) is 5.51. The third-order valence-electron chi connectivity index (χ3n) is 2.11. The Hall–Kier alpha value is -0.860. The van der Waals surface area contributed by atoms with Crippen LogP contribution < -0.4 is 0 Å². The zero-order chi connectivity index (χ0) is 9.78. The van der Waals surface area contributed by atoms with Gasteiger partial charge in [0.1, 0.15) is 6.79 Å². The Morgan fingerprint density at radius 1 is 1.42 bits per heavy atom. The molecule has 0 atom stereocenters. The van der Waals surface area contributed by atoms with Crippen LogP contribution in [0.25, 0.3) is 0 Å². The second-order valence-corrected chi connectivity index (χ2v) is 3.91. The van der Waals surface area contributed by atoms with Gasteiger partial charge in [0.25, 0.3) is 0 Å². The minimum atomic E-state index is 0.291. The summed E-state index contributed by atoms with van der Waals surface area (Å²) in [7, 11) is 1.88. The highest BCUT2D eigenvalue weighted by Gasteiger charge is 2.28. The molecule has 1 rings (SSSR count). The molecule has 0 radical (unpaired) electrons. The molecule has 0 unspecified atom stereocenters. The zero-order valence-electron chi connectivity index (χ0n) is 8.09. The minimum Gasteiger partial charge on any atom is -0.345 e. The molecule has 70 valence electrons. The van der Waals surface area contributed by atoms with Gasteiger partial charge in [-0.25, -0.2) is 0 Å². The first-order valence-electron chi connectivity index (χ1n) is 4.04. The smallest absolute Gasteiger partial charge is 0.222 e. The molecule has 12 heavy (non-hydrogen) atoms. The second kappa shape index (κ2) is 4.24. The lowest BCUT2D eigenvalue weighted by Crippen LogP contribution is -2.41. The number of hydrogen-bond donors (Lipinski definition) is 0. The van der Waals surface area contributed by atoms with Crippen LogP contribution in [0.15, 0.2) is 0 Å². The van der Waals surface area contributed by atoms with Gasteiger partial charge in [-0.1, -0.05) is 13.8 Å². The topological polar surface area (TPSA) is 37.4 Å². The molecule has 0 aromatic carbocycles. The van der Waals surface area contributed by atoms with Crippen molar-refractivity contribution in [2.24, 2.45) is 5.41 Å². The Balaban J connectivity index is 0.000000561. The van der Waals surface area contributed by atoms with Crippen molar-refractivity contribution in [1.29, 1.82) is 0 Å². The number of piperidine rings is 1. The molecule has 0 aromatic rings. The normalized spacial score (nSPS) is 21.2. The highest BCUT2D eigenvalue weighted by Crippen LogP contribution is 2.27. The Morgan fingerprint density at radius 2 is 1.92 bits per heavy atom. The van der Waals surface area contributed by atoms with E-state index in [0.717, 1.165) is 19.4 Å². The van der Waals surface area contributed by atoms with Crippen LogP contribution in [0.1, 0.15) is 26.7 Å². The maximum absolute atomic E-state index is 11.0. The molecule has 3 nitrogen and oxygen atoms in total. The van der Waals surface area contributed by atoms with Gasteiger partial charge in [0.2, 0.25) is 5.91 Å². The van der Waals surface area contributed by atoms with Gasteiger partial charge < -0.3 is 9.69 Å². The average Bonchev–Trinajstić information content (AvgIpc) is 2.01. The van der Waals surface area contributed by atoms with Crippen molar-refractivity contribution in [3.05, 3.63) is 0 Å². The van der Waals surface area contributed by atoms with Crippen molar-refractivity contribution >= 4 is 12.7 Å². The fourth-order valence-electron chi connectivity index (χ4n) is 1.45. The molecule has 1 heterocycles. The number of likely N-dealkylation sites (tertiary alicyclic amines) is 1. The molecule has 1 fully saturated rings. The van der Waals surface area contributed by atoms with E-state index in [-0.39, 0.29) is 0 Å². The molecular formula is C9H17NO2.